The normalized spacial score (nSPS) is 12.5. The smallest absolute Gasteiger partial charge is 0.241 e. The van der Waals surface area contributed by atoms with Gasteiger partial charge in [-0.05, 0) is 79.6 Å². The van der Waals surface area contributed by atoms with E-state index in [1.165, 1.54) is 5.56 Å². The zero-order chi connectivity index (χ0) is 41.9. The van der Waals surface area contributed by atoms with Gasteiger partial charge in [-0.3, -0.25) is 4.57 Å². The third-order valence-corrected chi connectivity index (χ3v) is 11.8. The zero-order valence-corrected chi connectivity index (χ0v) is 34.2. The van der Waals surface area contributed by atoms with Crippen molar-refractivity contribution >= 4 is 72.5 Å². The Labute approximate surface area is 361 Å². The lowest BCUT2D eigenvalue weighted by Gasteiger charge is -2.18. The number of H-pyrrole nitrogens is 2. The Morgan fingerprint density at radius 3 is 1.97 bits per heavy atom. The summed E-state index contributed by atoms with van der Waals surface area (Å²) in [5.41, 5.74) is 10.4. The van der Waals surface area contributed by atoms with E-state index in [9.17, 15) is 0 Å². The Hall–Kier alpha value is -8.70. The van der Waals surface area contributed by atoms with Crippen LogP contribution in [0.3, 0.4) is 0 Å². The molecule has 12 rings (SSSR count). The van der Waals surface area contributed by atoms with Crippen LogP contribution >= 0.6 is 0 Å². The van der Waals surface area contributed by atoms with E-state index in [1.54, 1.807) is 0 Å². The van der Waals surface area contributed by atoms with Gasteiger partial charge in [0.15, 0.2) is 0 Å². The molecule has 0 aliphatic heterocycles. The van der Waals surface area contributed by atoms with Crippen molar-refractivity contribution in [3.05, 3.63) is 199 Å². The van der Waals surface area contributed by atoms with E-state index in [0.29, 0.717) is 17.5 Å². The number of aromatic nitrogens is 9. The van der Waals surface area contributed by atoms with Crippen LogP contribution in [0.1, 0.15) is 18.2 Å². The second-order valence-corrected chi connectivity index (χ2v) is 15.5. The number of para-hydroxylation sites is 3. The zero-order valence-electron chi connectivity index (χ0n) is 34.2. The number of nitrogens with one attached hydrogen (secondary N) is 4. The maximum Gasteiger partial charge on any atom is 0.241 e. The molecule has 0 aliphatic rings. The van der Waals surface area contributed by atoms with Crippen LogP contribution in [0.4, 0.5) is 17.3 Å². The summed E-state index contributed by atoms with van der Waals surface area (Å²) in [7, 11) is 0. The van der Waals surface area contributed by atoms with Crippen molar-refractivity contribution < 1.29 is 0 Å². The quantitative estimate of drug-likeness (QED) is 0.0965. The summed E-state index contributed by atoms with van der Waals surface area (Å²) in [4.78, 5) is 28.3. The van der Waals surface area contributed by atoms with Gasteiger partial charge in [0, 0.05) is 68.9 Å². The molecule has 302 valence electrons. The fourth-order valence-electron chi connectivity index (χ4n) is 8.89. The molecule has 4 N–H and O–H groups in total. The van der Waals surface area contributed by atoms with Crippen molar-refractivity contribution in [3.8, 4) is 22.9 Å². The highest BCUT2D eigenvalue weighted by Gasteiger charge is 2.26. The first kappa shape index (κ1) is 36.2. The average molecular weight is 818 g/mol. The molecule has 11 heteroatoms. The van der Waals surface area contributed by atoms with Crippen LogP contribution in [-0.4, -0.2) is 43.4 Å². The highest BCUT2D eigenvalue weighted by Crippen LogP contribution is 2.41. The molecule has 5 aromatic carbocycles. The molecular formula is C52H39N11. The number of hydrogen-bond donors (Lipinski definition) is 4. The molecule has 0 atom stereocenters. The Bertz CT molecular complexity index is 3590. The van der Waals surface area contributed by atoms with Gasteiger partial charge in [0.25, 0.3) is 0 Å². The number of fused-ring (bicyclic) bond motifs is 3. The summed E-state index contributed by atoms with van der Waals surface area (Å²) in [6.45, 7) is 2.06. The van der Waals surface area contributed by atoms with Crippen LogP contribution in [-0.2, 0) is 6.42 Å². The maximum absolute atomic E-state index is 5.48. The standard InChI is InChI=1S/C52H39N11/c1-2-35(41(55-45-23-13-29-53-45)28-25-33-15-5-3-6-16-33)47-38-26-27-39-48(40-31-61(34-17-7-4-8-18-34)32-42(40)56-46-24-14-30-54-46)58-51-60-52(59-50(57-47)63(51)49(38)39)62-43-21-11-9-19-36(43)37-20-10-12-22-44(37)62/h2-24,26-32,53-56H,25H2,1H3/b35-2+,41-28+. The van der Waals surface area contributed by atoms with Gasteiger partial charge in [0.1, 0.15) is 11.6 Å². The second kappa shape index (κ2) is 14.8. The van der Waals surface area contributed by atoms with E-state index in [2.05, 4.69) is 158 Å². The van der Waals surface area contributed by atoms with Crippen molar-refractivity contribution in [2.45, 2.75) is 13.3 Å². The summed E-state index contributed by atoms with van der Waals surface area (Å²) in [5, 5.41) is 11.5. The van der Waals surface area contributed by atoms with Crippen LogP contribution in [0, 0.1) is 0 Å². The third kappa shape index (κ3) is 6.13. The molecule has 0 bridgehead atoms. The van der Waals surface area contributed by atoms with Gasteiger partial charge < -0.3 is 25.2 Å². The van der Waals surface area contributed by atoms with Crippen molar-refractivity contribution in [2.75, 3.05) is 10.6 Å². The number of hydrogen-bond acceptors (Lipinski definition) is 6. The largest absolute Gasteiger partial charge is 0.348 e. The Morgan fingerprint density at radius 2 is 1.27 bits per heavy atom. The molecule has 0 unspecified atom stereocenters. The van der Waals surface area contributed by atoms with E-state index in [1.807, 2.05) is 65.3 Å². The first-order valence-electron chi connectivity index (χ1n) is 21.0. The summed E-state index contributed by atoms with van der Waals surface area (Å²) in [5.74, 6) is 3.20. The molecule has 0 aliphatic carbocycles. The van der Waals surface area contributed by atoms with Crippen molar-refractivity contribution in [2.24, 2.45) is 0 Å². The second-order valence-electron chi connectivity index (χ2n) is 15.5. The van der Waals surface area contributed by atoms with E-state index in [0.717, 1.165) is 95.7 Å². The fraction of sp³-hybridized carbons (Fsp3) is 0.0385. The number of aromatic amines is 2. The molecule has 7 heterocycles. The minimum absolute atomic E-state index is 0.483. The van der Waals surface area contributed by atoms with E-state index in [4.69, 9.17) is 19.9 Å². The van der Waals surface area contributed by atoms with Crippen LogP contribution in [0.25, 0.3) is 78.1 Å². The Kier molecular flexibility index (Phi) is 8.49. The summed E-state index contributed by atoms with van der Waals surface area (Å²) in [6.07, 6.45) is 13.2. The maximum atomic E-state index is 5.48. The molecule has 0 saturated heterocycles. The summed E-state index contributed by atoms with van der Waals surface area (Å²) in [6, 6.07) is 49.9. The highest BCUT2D eigenvalue weighted by atomic mass is 15.3. The highest BCUT2D eigenvalue weighted by molar-refractivity contribution is 6.12. The molecule has 0 saturated carbocycles. The molecule has 7 aromatic heterocycles. The molecule has 0 fully saturated rings. The number of anilines is 3. The monoisotopic (exact) mass is 817 g/mol. The van der Waals surface area contributed by atoms with Crippen LogP contribution in [0.15, 0.2) is 188 Å². The predicted octanol–water partition coefficient (Wildman–Crippen LogP) is 11.9. The Balaban J connectivity index is 1.14. The predicted molar refractivity (Wildman–Crippen MR) is 254 cm³/mol. The van der Waals surface area contributed by atoms with Gasteiger partial charge in [-0.1, -0.05) is 97.1 Å². The third-order valence-electron chi connectivity index (χ3n) is 11.8. The van der Waals surface area contributed by atoms with E-state index >= 15 is 0 Å². The molecule has 0 amide bonds. The van der Waals surface area contributed by atoms with E-state index in [-0.39, 0.29) is 0 Å². The number of rotatable bonds is 11. The van der Waals surface area contributed by atoms with Gasteiger partial charge in [-0.2, -0.15) is 9.97 Å². The van der Waals surface area contributed by atoms with Gasteiger partial charge in [0.2, 0.25) is 17.5 Å². The minimum Gasteiger partial charge on any atom is -0.348 e. The molecule has 0 radical (unpaired) electrons. The summed E-state index contributed by atoms with van der Waals surface area (Å²) < 4.78 is 6.28. The SMILES string of the molecule is C/C=C(\C(=C/Cc1ccccc1)Nc1ccc[nH]1)c1nc2nc(-n3c4ccccc4c4ccccc43)nc3nc(-c4cn(-c5ccccc5)cc4Nc4ccc[nH]4)c4ccc1c4n23. The molecule has 11 nitrogen and oxygen atoms in total. The average Bonchev–Trinajstić information content (AvgIpc) is 4.20. The van der Waals surface area contributed by atoms with E-state index < -0.39 is 0 Å². The first-order valence-corrected chi connectivity index (χ1v) is 21.0. The van der Waals surface area contributed by atoms with Crippen molar-refractivity contribution in [1.82, 2.24) is 43.4 Å². The van der Waals surface area contributed by atoms with Gasteiger partial charge in [-0.15, -0.1) is 0 Å². The minimum atomic E-state index is 0.483. The lowest BCUT2D eigenvalue weighted by Crippen LogP contribution is -2.12. The molecule has 12 aromatic rings. The Morgan fingerprint density at radius 1 is 0.619 bits per heavy atom. The number of allylic oxidation sites excluding steroid dienone is 3. The van der Waals surface area contributed by atoms with Crippen molar-refractivity contribution in [3.63, 3.8) is 0 Å². The van der Waals surface area contributed by atoms with Crippen molar-refractivity contribution in [1.29, 1.82) is 0 Å². The van der Waals surface area contributed by atoms with Gasteiger partial charge in [-0.25, -0.2) is 14.4 Å². The number of benzene rings is 4. The lowest BCUT2D eigenvalue weighted by molar-refractivity contribution is 0.940. The lowest BCUT2D eigenvalue weighted by atomic mass is 10.0. The van der Waals surface area contributed by atoms with Crippen LogP contribution < -0.4 is 10.6 Å². The van der Waals surface area contributed by atoms with Gasteiger partial charge >= 0.3 is 0 Å². The first-order chi connectivity index (χ1) is 31.2. The van der Waals surface area contributed by atoms with Crippen LogP contribution in [0.5, 0.6) is 0 Å². The summed E-state index contributed by atoms with van der Waals surface area (Å²) >= 11 is 0. The topological polar surface area (TPSA) is 121 Å². The fourth-order valence-corrected chi connectivity index (χ4v) is 8.89. The van der Waals surface area contributed by atoms with Gasteiger partial charge in [0.05, 0.1) is 33.6 Å². The number of nitrogens with zero attached hydrogens (tertiary/aromatic N) is 7. The van der Waals surface area contributed by atoms with Crippen LogP contribution in [0.2, 0.25) is 0 Å². The molecule has 63 heavy (non-hydrogen) atoms. The molecule has 0 spiro atoms. The molecular weight excluding hydrogens is 779 g/mol.